The zero-order valence-electron chi connectivity index (χ0n) is 11.4. The number of nitrogens with zero attached hydrogens (tertiary/aromatic N) is 5. The largest absolute Gasteiger partial charge is 0.383 e. The van der Waals surface area contributed by atoms with Gasteiger partial charge >= 0.3 is 0 Å². The van der Waals surface area contributed by atoms with Crippen molar-refractivity contribution in [2.75, 3.05) is 20.3 Å². The van der Waals surface area contributed by atoms with Crippen LogP contribution >= 0.6 is 0 Å². The predicted octanol–water partition coefficient (Wildman–Crippen LogP) is 0.279. The summed E-state index contributed by atoms with van der Waals surface area (Å²) in [4.78, 5) is 4.14. The number of nitrogens with one attached hydrogen (secondary N) is 1. The number of hydrogen-bond acceptors (Lipinski definition) is 5. The molecule has 0 saturated heterocycles. The maximum atomic E-state index is 4.97. The summed E-state index contributed by atoms with van der Waals surface area (Å²) in [5.74, 6) is 0. The van der Waals surface area contributed by atoms with Crippen LogP contribution < -0.4 is 5.32 Å². The monoisotopic (exact) mass is 264 g/mol. The van der Waals surface area contributed by atoms with E-state index in [1.54, 1.807) is 7.11 Å². The lowest BCUT2D eigenvalue weighted by molar-refractivity contribution is 0.199. The Bertz CT molecular complexity index is 492. The Morgan fingerprint density at radius 2 is 2.32 bits per heavy atom. The highest BCUT2D eigenvalue weighted by atomic mass is 16.5. The zero-order valence-corrected chi connectivity index (χ0v) is 11.4. The maximum Gasteiger partial charge on any atom is 0.0965 e. The fourth-order valence-electron chi connectivity index (χ4n) is 1.82. The Labute approximate surface area is 112 Å². The van der Waals surface area contributed by atoms with Crippen molar-refractivity contribution in [3.05, 3.63) is 30.1 Å². The lowest BCUT2D eigenvalue weighted by Crippen LogP contribution is -2.18. The number of aryl methyl sites for hydroxylation is 1. The molecule has 19 heavy (non-hydrogen) atoms. The van der Waals surface area contributed by atoms with E-state index in [2.05, 4.69) is 32.1 Å². The third kappa shape index (κ3) is 3.87. The highest BCUT2D eigenvalue weighted by Crippen LogP contribution is 2.02. The van der Waals surface area contributed by atoms with E-state index in [-0.39, 0.29) is 0 Å². The molecular formula is C12H20N6O. The fourth-order valence-corrected chi connectivity index (χ4v) is 1.82. The molecule has 0 spiro atoms. The SMILES string of the molecule is CCn1cncc1Cn1cc(CNCCOC)nn1. The van der Waals surface area contributed by atoms with Gasteiger partial charge in [-0.3, -0.25) is 0 Å². The summed E-state index contributed by atoms with van der Waals surface area (Å²) in [6.07, 6.45) is 5.65. The molecule has 2 rings (SSSR count). The van der Waals surface area contributed by atoms with Crippen LogP contribution in [0.25, 0.3) is 0 Å². The van der Waals surface area contributed by atoms with E-state index in [4.69, 9.17) is 4.74 Å². The van der Waals surface area contributed by atoms with Gasteiger partial charge in [0.25, 0.3) is 0 Å². The lowest BCUT2D eigenvalue weighted by Gasteiger charge is -2.04. The molecule has 7 nitrogen and oxygen atoms in total. The molecule has 2 aromatic heterocycles. The molecule has 0 saturated carbocycles. The van der Waals surface area contributed by atoms with Crippen LogP contribution in [-0.2, 0) is 24.4 Å². The molecule has 2 heterocycles. The van der Waals surface area contributed by atoms with E-state index in [0.717, 1.165) is 24.5 Å². The van der Waals surface area contributed by atoms with E-state index < -0.39 is 0 Å². The van der Waals surface area contributed by atoms with Gasteiger partial charge in [0.05, 0.1) is 43.3 Å². The highest BCUT2D eigenvalue weighted by Gasteiger charge is 2.04. The molecule has 1 N–H and O–H groups in total. The van der Waals surface area contributed by atoms with E-state index in [9.17, 15) is 0 Å². The minimum Gasteiger partial charge on any atom is -0.383 e. The smallest absolute Gasteiger partial charge is 0.0965 e. The summed E-state index contributed by atoms with van der Waals surface area (Å²) in [5.41, 5.74) is 2.06. The fraction of sp³-hybridized carbons (Fsp3) is 0.583. The molecule has 0 bridgehead atoms. The van der Waals surface area contributed by atoms with Gasteiger partial charge in [-0.25, -0.2) is 9.67 Å². The zero-order chi connectivity index (χ0) is 13.5. The summed E-state index contributed by atoms with van der Waals surface area (Å²) in [7, 11) is 1.69. The van der Waals surface area contributed by atoms with Crippen LogP contribution in [0.3, 0.4) is 0 Å². The van der Waals surface area contributed by atoms with Gasteiger partial charge in [-0.2, -0.15) is 0 Å². The number of methoxy groups -OCH3 is 1. The Balaban J connectivity index is 1.87. The quantitative estimate of drug-likeness (QED) is 0.693. The average Bonchev–Trinajstić information content (AvgIpc) is 3.04. The van der Waals surface area contributed by atoms with Crippen molar-refractivity contribution < 1.29 is 4.74 Å². The van der Waals surface area contributed by atoms with E-state index in [1.165, 1.54) is 0 Å². The molecule has 2 aromatic rings. The first-order chi connectivity index (χ1) is 9.33. The average molecular weight is 264 g/mol. The van der Waals surface area contributed by atoms with Gasteiger partial charge in [0, 0.05) is 26.7 Å². The molecule has 0 fully saturated rings. The molecule has 0 aromatic carbocycles. The molecular weight excluding hydrogens is 244 g/mol. The summed E-state index contributed by atoms with van der Waals surface area (Å²) < 4.78 is 8.89. The van der Waals surface area contributed by atoms with Crippen molar-refractivity contribution in [1.82, 2.24) is 29.9 Å². The van der Waals surface area contributed by atoms with Crippen molar-refractivity contribution in [2.45, 2.75) is 26.6 Å². The van der Waals surface area contributed by atoms with Crippen LogP contribution in [0.2, 0.25) is 0 Å². The van der Waals surface area contributed by atoms with Crippen LogP contribution in [0.5, 0.6) is 0 Å². The normalized spacial score (nSPS) is 11.1. The Hall–Kier alpha value is -1.73. The van der Waals surface area contributed by atoms with Crippen molar-refractivity contribution in [2.24, 2.45) is 0 Å². The minimum atomic E-state index is 0.693. The van der Waals surface area contributed by atoms with Gasteiger partial charge in [-0.15, -0.1) is 5.10 Å². The van der Waals surface area contributed by atoms with Crippen LogP contribution in [0.15, 0.2) is 18.7 Å². The van der Waals surface area contributed by atoms with Crippen molar-refractivity contribution in [3.63, 3.8) is 0 Å². The number of aromatic nitrogens is 5. The third-order valence-corrected chi connectivity index (χ3v) is 2.84. The lowest BCUT2D eigenvalue weighted by atomic mass is 10.4. The minimum absolute atomic E-state index is 0.693. The summed E-state index contributed by atoms with van der Waals surface area (Å²) in [6, 6.07) is 0. The van der Waals surface area contributed by atoms with E-state index in [1.807, 2.05) is 23.4 Å². The molecule has 0 unspecified atom stereocenters. The van der Waals surface area contributed by atoms with Gasteiger partial charge in [-0.1, -0.05) is 5.21 Å². The van der Waals surface area contributed by atoms with Crippen LogP contribution in [0.4, 0.5) is 0 Å². The Morgan fingerprint density at radius 1 is 1.42 bits per heavy atom. The van der Waals surface area contributed by atoms with Crippen LogP contribution in [0, 0.1) is 0 Å². The highest BCUT2D eigenvalue weighted by molar-refractivity contribution is 5.00. The number of imidazole rings is 1. The second-order valence-corrected chi connectivity index (χ2v) is 4.25. The second-order valence-electron chi connectivity index (χ2n) is 4.25. The van der Waals surface area contributed by atoms with Crippen molar-refractivity contribution >= 4 is 0 Å². The van der Waals surface area contributed by atoms with Gasteiger partial charge in [0.15, 0.2) is 0 Å². The molecule has 0 aliphatic heterocycles. The van der Waals surface area contributed by atoms with Gasteiger partial charge in [-0.05, 0) is 6.92 Å². The molecule has 0 atom stereocenters. The van der Waals surface area contributed by atoms with Gasteiger partial charge < -0.3 is 14.6 Å². The topological polar surface area (TPSA) is 69.8 Å². The maximum absolute atomic E-state index is 4.97. The van der Waals surface area contributed by atoms with Gasteiger partial charge in [0.1, 0.15) is 0 Å². The van der Waals surface area contributed by atoms with Crippen LogP contribution in [-0.4, -0.2) is 44.8 Å². The summed E-state index contributed by atoms with van der Waals surface area (Å²) >= 11 is 0. The molecule has 0 amide bonds. The van der Waals surface area contributed by atoms with Crippen molar-refractivity contribution in [3.8, 4) is 0 Å². The Kier molecular flexibility index (Phi) is 5.05. The number of rotatable bonds is 8. The van der Waals surface area contributed by atoms with Crippen molar-refractivity contribution in [1.29, 1.82) is 0 Å². The molecule has 0 aliphatic rings. The van der Waals surface area contributed by atoms with E-state index >= 15 is 0 Å². The summed E-state index contributed by atoms with van der Waals surface area (Å²) in [5, 5.41) is 11.5. The van der Waals surface area contributed by atoms with Gasteiger partial charge in [0.2, 0.25) is 0 Å². The standard InChI is InChI=1S/C12H20N6O/c1-3-17-10-14-7-12(17)9-18-8-11(15-16-18)6-13-4-5-19-2/h7-8,10,13H,3-6,9H2,1-2H3. The molecule has 0 aliphatic carbocycles. The first-order valence-electron chi connectivity index (χ1n) is 6.41. The second kappa shape index (κ2) is 7.01. The first kappa shape index (κ1) is 13.7. The summed E-state index contributed by atoms with van der Waals surface area (Å²) in [6.45, 7) is 5.91. The first-order valence-corrected chi connectivity index (χ1v) is 6.41. The molecule has 104 valence electrons. The Morgan fingerprint density at radius 3 is 3.11 bits per heavy atom. The predicted molar refractivity (Wildman–Crippen MR) is 70.6 cm³/mol. The number of hydrogen-bond donors (Lipinski definition) is 1. The molecule has 7 heteroatoms. The third-order valence-electron chi connectivity index (χ3n) is 2.84. The molecule has 0 radical (unpaired) electrons. The van der Waals surface area contributed by atoms with E-state index in [0.29, 0.717) is 19.7 Å². The van der Waals surface area contributed by atoms with Crippen LogP contribution in [0.1, 0.15) is 18.3 Å². The number of ether oxygens (including phenoxy) is 1.